The number of rotatable bonds is 3. The third-order valence-corrected chi connectivity index (χ3v) is 3.35. The van der Waals surface area contributed by atoms with E-state index < -0.39 is 12.2 Å². The van der Waals surface area contributed by atoms with Gasteiger partial charge in [0.25, 0.3) is 5.91 Å². The molecule has 1 saturated carbocycles. The normalized spacial score (nSPS) is 21.0. The van der Waals surface area contributed by atoms with Crippen LogP contribution in [0.15, 0.2) is 12.3 Å². The van der Waals surface area contributed by atoms with Crippen LogP contribution >= 0.6 is 11.6 Å². The van der Waals surface area contributed by atoms with Crippen LogP contribution in [0.2, 0.25) is 5.15 Å². The molecule has 0 bridgehead atoms. The van der Waals surface area contributed by atoms with Crippen LogP contribution in [-0.4, -0.2) is 46.8 Å². The average molecular weight is 298 g/mol. The van der Waals surface area contributed by atoms with E-state index in [0.717, 1.165) is 0 Å². The van der Waals surface area contributed by atoms with Gasteiger partial charge >= 0.3 is 0 Å². The van der Waals surface area contributed by atoms with Crippen LogP contribution in [0.25, 0.3) is 5.65 Å². The molecule has 1 aliphatic carbocycles. The topological polar surface area (TPSA) is 62.5 Å². The van der Waals surface area contributed by atoms with Gasteiger partial charge in [0, 0.05) is 26.6 Å². The molecular formula is C12H13ClFN5O. The molecule has 3 rings (SSSR count). The number of hydrogen-bond donors (Lipinski definition) is 1. The minimum absolute atomic E-state index is 0.269. The van der Waals surface area contributed by atoms with Crippen LogP contribution < -0.4 is 10.2 Å². The van der Waals surface area contributed by atoms with Crippen LogP contribution in [-0.2, 0) is 0 Å². The highest BCUT2D eigenvalue weighted by atomic mass is 35.5. The number of aromatic nitrogens is 3. The highest BCUT2D eigenvalue weighted by Crippen LogP contribution is 2.26. The van der Waals surface area contributed by atoms with Gasteiger partial charge in [0.15, 0.2) is 5.65 Å². The van der Waals surface area contributed by atoms with Crippen molar-refractivity contribution >= 4 is 29.0 Å². The van der Waals surface area contributed by atoms with E-state index in [9.17, 15) is 9.18 Å². The highest BCUT2D eigenvalue weighted by molar-refractivity contribution is 6.29. The van der Waals surface area contributed by atoms with Crippen LogP contribution in [0.3, 0.4) is 0 Å². The smallest absolute Gasteiger partial charge is 0.257 e. The Hall–Kier alpha value is -1.89. The fourth-order valence-electron chi connectivity index (χ4n) is 1.96. The number of carbonyl (C=O) groups excluding carboxylic acids is 1. The van der Waals surface area contributed by atoms with Crippen molar-refractivity contribution in [3.05, 3.63) is 23.0 Å². The van der Waals surface area contributed by atoms with E-state index in [4.69, 9.17) is 11.6 Å². The van der Waals surface area contributed by atoms with Gasteiger partial charge in [0.2, 0.25) is 0 Å². The first-order valence-corrected chi connectivity index (χ1v) is 6.51. The molecule has 2 aromatic heterocycles. The Balaban J connectivity index is 2.02. The molecule has 0 spiro atoms. The Labute approximate surface area is 119 Å². The molecular weight excluding hydrogens is 285 g/mol. The minimum Gasteiger partial charge on any atom is -0.363 e. The third kappa shape index (κ3) is 2.18. The maximum Gasteiger partial charge on any atom is 0.257 e. The zero-order valence-electron chi connectivity index (χ0n) is 11.0. The summed E-state index contributed by atoms with van der Waals surface area (Å²) >= 11 is 5.97. The molecule has 2 aromatic rings. The molecule has 1 N–H and O–H groups in total. The molecule has 8 heteroatoms. The molecule has 0 saturated heterocycles. The maximum atomic E-state index is 12.8. The number of anilines is 1. The molecule has 20 heavy (non-hydrogen) atoms. The number of amides is 1. The second-order valence-electron chi connectivity index (χ2n) is 4.96. The van der Waals surface area contributed by atoms with E-state index in [1.165, 1.54) is 10.7 Å². The summed E-state index contributed by atoms with van der Waals surface area (Å²) in [5.41, 5.74) is 0.643. The molecule has 6 nitrogen and oxygen atoms in total. The van der Waals surface area contributed by atoms with Gasteiger partial charge < -0.3 is 10.2 Å². The Morgan fingerprint density at radius 3 is 2.90 bits per heavy atom. The first-order chi connectivity index (χ1) is 9.47. The summed E-state index contributed by atoms with van der Waals surface area (Å²) in [7, 11) is 3.68. The maximum absolute atomic E-state index is 12.8. The van der Waals surface area contributed by atoms with Crippen molar-refractivity contribution in [2.45, 2.75) is 18.6 Å². The molecule has 1 fully saturated rings. The first-order valence-electron chi connectivity index (χ1n) is 6.14. The van der Waals surface area contributed by atoms with Crippen LogP contribution in [0.4, 0.5) is 10.2 Å². The summed E-state index contributed by atoms with van der Waals surface area (Å²) in [6.45, 7) is 0. The summed E-state index contributed by atoms with van der Waals surface area (Å²) in [6.07, 6.45) is 0.827. The fraction of sp³-hybridized carbons (Fsp3) is 0.417. The molecule has 0 radical (unpaired) electrons. The van der Waals surface area contributed by atoms with Crippen molar-refractivity contribution < 1.29 is 9.18 Å². The summed E-state index contributed by atoms with van der Waals surface area (Å²) in [5, 5.41) is 7.02. The predicted molar refractivity (Wildman–Crippen MR) is 73.1 cm³/mol. The van der Waals surface area contributed by atoms with Crippen molar-refractivity contribution in [2.24, 2.45) is 0 Å². The van der Waals surface area contributed by atoms with Gasteiger partial charge in [-0.25, -0.2) is 9.37 Å². The lowest BCUT2D eigenvalue weighted by molar-refractivity contribution is 0.0949. The quantitative estimate of drug-likeness (QED) is 0.867. The monoisotopic (exact) mass is 297 g/mol. The number of halogens is 2. The largest absolute Gasteiger partial charge is 0.363 e. The highest BCUT2D eigenvalue weighted by Gasteiger charge is 2.39. The number of nitrogens with zero attached hydrogens (tertiary/aromatic N) is 4. The lowest BCUT2D eigenvalue weighted by Crippen LogP contribution is -2.27. The van der Waals surface area contributed by atoms with E-state index in [1.54, 1.807) is 6.07 Å². The fourth-order valence-corrected chi connectivity index (χ4v) is 2.13. The average Bonchev–Trinajstić information content (AvgIpc) is 2.89. The number of alkyl halides is 1. The van der Waals surface area contributed by atoms with Gasteiger partial charge in [-0.1, -0.05) is 11.6 Å². The number of fused-ring (bicyclic) bond motifs is 1. The van der Waals surface area contributed by atoms with Crippen molar-refractivity contribution in [1.82, 2.24) is 19.9 Å². The van der Waals surface area contributed by atoms with Gasteiger partial charge in [-0.15, -0.1) is 0 Å². The van der Waals surface area contributed by atoms with Gasteiger partial charge in [-0.2, -0.15) is 9.61 Å². The summed E-state index contributed by atoms with van der Waals surface area (Å²) in [5.74, 6) is 0.318. The minimum atomic E-state index is -0.949. The lowest BCUT2D eigenvalue weighted by atomic mass is 10.3. The number of carbonyl (C=O) groups is 1. The SMILES string of the molecule is CN(C)c1cc(Cl)nc2c(C(=O)N[C@@H]3C[C@@H]3F)cnn12. The van der Waals surface area contributed by atoms with E-state index in [2.05, 4.69) is 15.4 Å². The Kier molecular flexibility index (Phi) is 3.01. The zero-order valence-corrected chi connectivity index (χ0v) is 11.7. The molecule has 0 unspecified atom stereocenters. The Morgan fingerprint density at radius 1 is 1.60 bits per heavy atom. The standard InChI is InChI=1S/C12H13ClFN5O/c1-18(2)10-4-9(13)17-11-6(5-15-19(10)11)12(20)16-8-3-7(8)14/h4-5,7-8H,3H2,1-2H3,(H,16,20)/t7-,8+/m0/s1. The number of hydrogen-bond acceptors (Lipinski definition) is 4. The van der Waals surface area contributed by atoms with E-state index in [-0.39, 0.29) is 16.6 Å². The van der Waals surface area contributed by atoms with Gasteiger partial charge in [0.1, 0.15) is 22.7 Å². The summed E-state index contributed by atoms with van der Waals surface area (Å²) < 4.78 is 14.4. The Bertz CT molecular complexity index is 686. The van der Waals surface area contributed by atoms with Crippen molar-refractivity contribution in [3.63, 3.8) is 0 Å². The van der Waals surface area contributed by atoms with E-state index >= 15 is 0 Å². The molecule has 2 atom stereocenters. The van der Waals surface area contributed by atoms with Crippen molar-refractivity contribution in [2.75, 3.05) is 19.0 Å². The first kappa shape index (κ1) is 13.1. The molecule has 106 valence electrons. The van der Waals surface area contributed by atoms with Crippen LogP contribution in [0.1, 0.15) is 16.8 Å². The summed E-state index contributed by atoms with van der Waals surface area (Å²) in [4.78, 5) is 18.0. The second-order valence-corrected chi connectivity index (χ2v) is 5.34. The zero-order chi connectivity index (χ0) is 14.4. The van der Waals surface area contributed by atoms with E-state index in [0.29, 0.717) is 17.9 Å². The Morgan fingerprint density at radius 2 is 2.30 bits per heavy atom. The third-order valence-electron chi connectivity index (χ3n) is 3.15. The van der Waals surface area contributed by atoms with Crippen molar-refractivity contribution in [3.8, 4) is 0 Å². The van der Waals surface area contributed by atoms with Gasteiger partial charge in [0.05, 0.1) is 12.2 Å². The number of nitrogens with one attached hydrogen (secondary N) is 1. The van der Waals surface area contributed by atoms with Gasteiger partial charge in [-0.05, 0) is 0 Å². The molecule has 1 amide bonds. The molecule has 0 aromatic carbocycles. The van der Waals surface area contributed by atoms with Crippen molar-refractivity contribution in [1.29, 1.82) is 0 Å². The molecule has 2 heterocycles. The molecule has 0 aliphatic heterocycles. The van der Waals surface area contributed by atoms with Gasteiger partial charge in [-0.3, -0.25) is 4.79 Å². The summed E-state index contributed by atoms with van der Waals surface area (Å²) in [6, 6.07) is 1.26. The predicted octanol–water partition coefficient (Wildman–Crippen LogP) is 1.29. The lowest BCUT2D eigenvalue weighted by Gasteiger charge is -2.13. The van der Waals surface area contributed by atoms with Crippen LogP contribution in [0, 0.1) is 0 Å². The van der Waals surface area contributed by atoms with Crippen LogP contribution in [0.5, 0.6) is 0 Å². The van der Waals surface area contributed by atoms with E-state index in [1.807, 2.05) is 19.0 Å². The second kappa shape index (κ2) is 4.59. The molecule has 1 aliphatic rings.